The van der Waals surface area contributed by atoms with Gasteiger partial charge in [0.1, 0.15) is 0 Å². The van der Waals surface area contributed by atoms with Crippen molar-refractivity contribution in [3.8, 4) is 6.07 Å². The maximum atomic E-state index is 12.3. The van der Waals surface area contributed by atoms with Gasteiger partial charge in [-0.05, 0) is 30.9 Å². The number of para-hydroxylation sites is 1. The number of carbonyl (C=O) groups excluding carboxylic acids is 2. The topological polar surface area (TPSA) is 77.0 Å². The average molecular weight is 309 g/mol. The number of amides is 1. The Morgan fingerprint density at radius 3 is 2.74 bits per heavy atom. The molecular weight excluding hydrogens is 290 g/mol. The van der Waals surface area contributed by atoms with Gasteiger partial charge in [0.25, 0.3) is 0 Å². The minimum Gasteiger partial charge on any atom is -0.361 e. The second kappa shape index (κ2) is 6.66. The van der Waals surface area contributed by atoms with Gasteiger partial charge in [0, 0.05) is 36.6 Å². The van der Waals surface area contributed by atoms with Crippen molar-refractivity contribution in [2.24, 2.45) is 5.92 Å². The summed E-state index contributed by atoms with van der Waals surface area (Å²) in [5.41, 5.74) is 2.07. The molecule has 1 aromatic heterocycles. The Morgan fingerprint density at radius 2 is 2.00 bits per heavy atom. The molecule has 5 heteroatoms. The number of hydrogen-bond donors (Lipinski definition) is 1. The number of nitrogens with zero attached hydrogens (tertiary/aromatic N) is 2. The fraction of sp³-hybridized carbons (Fsp3) is 0.389. The van der Waals surface area contributed by atoms with E-state index in [1.807, 2.05) is 36.5 Å². The molecule has 1 atom stereocenters. The first-order chi connectivity index (χ1) is 11.2. The minimum absolute atomic E-state index is 0.208. The van der Waals surface area contributed by atoms with E-state index in [1.54, 1.807) is 4.90 Å². The van der Waals surface area contributed by atoms with Crippen molar-refractivity contribution >= 4 is 22.6 Å². The van der Waals surface area contributed by atoms with Crippen molar-refractivity contribution in [3.05, 3.63) is 36.0 Å². The number of benzene rings is 1. The molecule has 0 radical (unpaired) electrons. The van der Waals surface area contributed by atoms with Crippen LogP contribution in [0.1, 0.15) is 24.8 Å². The molecule has 0 bridgehead atoms. The molecule has 3 rings (SSSR count). The van der Waals surface area contributed by atoms with Gasteiger partial charge in [-0.2, -0.15) is 5.26 Å². The second-order valence-electron chi connectivity index (χ2n) is 5.92. The Labute approximate surface area is 134 Å². The Bertz CT molecular complexity index is 766. The number of likely N-dealkylation sites (tertiary alicyclic amines) is 1. The highest BCUT2D eigenvalue weighted by molar-refractivity contribution is 6.04. The number of nitriles is 1. The number of ketones is 1. The SMILES string of the molecule is N#CC(C(=O)CCc1c[nH]c2ccccc12)C(=O)N1CCCC1. The number of nitrogens with one attached hydrogen (secondary N) is 1. The maximum Gasteiger partial charge on any atom is 0.247 e. The van der Waals surface area contributed by atoms with Gasteiger partial charge in [-0.3, -0.25) is 9.59 Å². The molecule has 1 amide bonds. The molecule has 0 spiro atoms. The van der Waals surface area contributed by atoms with Crippen molar-refractivity contribution in [2.45, 2.75) is 25.7 Å². The van der Waals surface area contributed by atoms with Crippen molar-refractivity contribution in [1.82, 2.24) is 9.88 Å². The van der Waals surface area contributed by atoms with Crippen molar-refractivity contribution in [2.75, 3.05) is 13.1 Å². The average Bonchev–Trinajstić information content (AvgIpc) is 3.23. The summed E-state index contributed by atoms with van der Waals surface area (Å²) in [6.07, 6.45) is 4.54. The lowest BCUT2D eigenvalue weighted by Gasteiger charge is -2.17. The van der Waals surface area contributed by atoms with Gasteiger partial charge in [0.05, 0.1) is 6.07 Å². The molecular formula is C18H19N3O2. The highest BCUT2D eigenvalue weighted by atomic mass is 16.2. The Morgan fingerprint density at radius 1 is 1.26 bits per heavy atom. The molecule has 23 heavy (non-hydrogen) atoms. The third-order valence-electron chi connectivity index (χ3n) is 4.43. The van der Waals surface area contributed by atoms with Crippen molar-refractivity contribution in [3.63, 3.8) is 0 Å². The van der Waals surface area contributed by atoms with Crippen molar-refractivity contribution < 1.29 is 9.59 Å². The molecule has 0 saturated carbocycles. The van der Waals surface area contributed by atoms with E-state index in [0.717, 1.165) is 29.3 Å². The van der Waals surface area contributed by atoms with Gasteiger partial charge in [0.2, 0.25) is 5.91 Å². The number of rotatable bonds is 5. The van der Waals surface area contributed by atoms with E-state index in [-0.39, 0.29) is 18.1 Å². The van der Waals surface area contributed by atoms with Crippen LogP contribution in [0, 0.1) is 17.2 Å². The van der Waals surface area contributed by atoms with Crippen LogP contribution in [-0.2, 0) is 16.0 Å². The highest BCUT2D eigenvalue weighted by Gasteiger charge is 2.31. The summed E-state index contributed by atoms with van der Waals surface area (Å²) in [5.74, 6) is -1.76. The van der Waals surface area contributed by atoms with Crippen LogP contribution < -0.4 is 0 Å². The summed E-state index contributed by atoms with van der Waals surface area (Å²) < 4.78 is 0. The summed E-state index contributed by atoms with van der Waals surface area (Å²) in [6, 6.07) is 9.79. The normalized spacial score (nSPS) is 15.5. The number of aromatic amines is 1. The van der Waals surface area contributed by atoms with Crippen LogP contribution in [0.2, 0.25) is 0 Å². The molecule has 1 aromatic carbocycles. The van der Waals surface area contributed by atoms with E-state index in [4.69, 9.17) is 0 Å². The van der Waals surface area contributed by atoms with Crippen LogP contribution in [0.25, 0.3) is 10.9 Å². The van der Waals surface area contributed by atoms with Gasteiger partial charge in [-0.15, -0.1) is 0 Å². The first kappa shape index (κ1) is 15.3. The lowest BCUT2D eigenvalue weighted by Crippen LogP contribution is -2.37. The van der Waals surface area contributed by atoms with E-state index in [2.05, 4.69) is 4.98 Å². The minimum atomic E-state index is -1.15. The number of aryl methyl sites for hydroxylation is 1. The first-order valence-corrected chi connectivity index (χ1v) is 7.97. The number of Topliss-reactive ketones (excluding diaryl/α,β-unsaturated/α-hetero) is 1. The number of aromatic nitrogens is 1. The zero-order valence-corrected chi connectivity index (χ0v) is 12.9. The number of H-pyrrole nitrogens is 1. The summed E-state index contributed by atoms with van der Waals surface area (Å²) in [4.78, 5) is 29.4. The molecule has 1 fully saturated rings. The summed E-state index contributed by atoms with van der Waals surface area (Å²) >= 11 is 0. The standard InChI is InChI=1S/C18H19N3O2/c19-11-15(18(23)21-9-3-4-10-21)17(22)8-7-13-12-20-16-6-2-1-5-14(13)16/h1-2,5-6,12,15,20H,3-4,7-10H2. The monoisotopic (exact) mass is 309 g/mol. The molecule has 5 nitrogen and oxygen atoms in total. The molecule has 1 aliphatic rings. The lowest BCUT2D eigenvalue weighted by atomic mass is 9.97. The van der Waals surface area contributed by atoms with Crippen LogP contribution in [0.5, 0.6) is 0 Å². The molecule has 1 saturated heterocycles. The summed E-state index contributed by atoms with van der Waals surface area (Å²) in [5, 5.41) is 10.3. The third kappa shape index (κ3) is 3.11. The van der Waals surface area contributed by atoms with Gasteiger partial charge < -0.3 is 9.88 Å². The fourth-order valence-electron chi connectivity index (χ4n) is 3.13. The molecule has 1 aliphatic heterocycles. The predicted octanol–water partition coefficient (Wildman–Crippen LogP) is 2.43. The highest BCUT2D eigenvalue weighted by Crippen LogP contribution is 2.20. The molecule has 118 valence electrons. The van der Waals surface area contributed by atoms with E-state index in [1.165, 1.54) is 0 Å². The molecule has 1 unspecified atom stereocenters. The van der Waals surface area contributed by atoms with E-state index < -0.39 is 5.92 Å². The Kier molecular flexibility index (Phi) is 4.42. The molecule has 2 aromatic rings. The van der Waals surface area contributed by atoms with E-state index >= 15 is 0 Å². The molecule has 0 aliphatic carbocycles. The van der Waals surface area contributed by atoms with Gasteiger partial charge in [-0.25, -0.2) is 0 Å². The smallest absolute Gasteiger partial charge is 0.247 e. The van der Waals surface area contributed by atoms with Crippen molar-refractivity contribution in [1.29, 1.82) is 5.26 Å². The number of fused-ring (bicyclic) bond motifs is 1. The van der Waals surface area contributed by atoms with Gasteiger partial charge in [-0.1, -0.05) is 18.2 Å². The lowest BCUT2D eigenvalue weighted by molar-refractivity contribution is -0.138. The first-order valence-electron chi connectivity index (χ1n) is 7.97. The van der Waals surface area contributed by atoms with Crippen LogP contribution in [-0.4, -0.2) is 34.7 Å². The molecule has 1 N–H and O–H groups in total. The third-order valence-corrected chi connectivity index (χ3v) is 4.43. The zero-order valence-electron chi connectivity index (χ0n) is 12.9. The van der Waals surface area contributed by atoms with Crippen LogP contribution in [0.4, 0.5) is 0 Å². The van der Waals surface area contributed by atoms with Crippen LogP contribution in [0.15, 0.2) is 30.5 Å². The Balaban J connectivity index is 1.66. The quantitative estimate of drug-likeness (QED) is 0.862. The summed E-state index contributed by atoms with van der Waals surface area (Å²) in [6.45, 7) is 1.32. The maximum absolute atomic E-state index is 12.3. The second-order valence-corrected chi connectivity index (χ2v) is 5.92. The molecule has 2 heterocycles. The number of carbonyl (C=O) groups is 2. The van der Waals surface area contributed by atoms with Gasteiger partial charge in [0.15, 0.2) is 11.7 Å². The Hall–Kier alpha value is -2.61. The number of hydrogen-bond acceptors (Lipinski definition) is 3. The fourth-order valence-corrected chi connectivity index (χ4v) is 3.13. The predicted molar refractivity (Wildman–Crippen MR) is 86.5 cm³/mol. The van der Waals surface area contributed by atoms with E-state index in [0.29, 0.717) is 19.5 Å². The largest absolute Gasteiger partial charge is 0.361 e. The van der Waals surface area contributed by atoms with E-state index in [9.17, 15) is 14.9 Å². The van der Waals surface area contributed by atoms with Crippen LogP contribution >= 0.6 is 0 Å². The van der Waals surface area contributed by atoms with Crippen LogP contribution in [0.3, 0.4) is 0 Å². The summed E-state index contributed by atoms with van der Waals surface area (Å²) in [7, 11) is 0. The van der Waals surface area contributed by atoms with Gasteiger partial charge >= 0.3 is 0 Å². The zero-order chi connectivity index (χ0) is 16.2.